The third-order valence-corrected chi connectivity index (χ3v) is 3.62. The molecule has 2 unspecified atom stereocenters. The van der Waals surface area contributed by atoms with Gasteiger partial charge in [0.15, 0.2) is 0 Å². The van der Waals surface area contributed by atoms with Gasteiger partial charge in [0.05, 0.1) is 0 Å². The van der Waals surface area contributed by atoms with Crippen LogP contribution in [-0.4, -0.2) is 61.7 Å². The lowest BCUT2D eigenvalue weighted by molar-refractivity contribution is 0.0653. The highest BCUT2D eigenvalue weighted by Crippen LogP contribution is 2.17. The van der Waals surface area contributed by atoms with Gasteiger partial charge >= 0.3 is 0 Å². The summed E-state index contributed by atoms with van der Waals surface area (Å²) in [4.78, 5) is 5.18. The quantitative estimate of drug-likeness (QED) is 0.655. The van der Waals surface area contributed by atoms with Crippen molar-refractivity contribution in [3.8, 4) is 0 Å². The van der Waals surface area contributed by atoms with Gasteiger partial charge in [-0.3, -0.25) is 4.90 Å². The molecule has 82 valence electrons. The van der Waals surface area contributed by atoms with Crippen molar-refractivity contribution in [2.45, 2.75) is 31.8 Å². The molecule has 2 rings (SSSR count). The number of rotatable bonds is 1. The Bertz CT molecular complexity index is 183. The zero-order chi connectivity index (χ0) is 9.97. The maximum Gasteiger partial charge on any atom is 0.0227 e. The normalized spacial score (nSPS) is 37.3. The van der Waals surface area contributed by atoms with Crippen LogP contribution in [0.15, 0.2) is 0 Å². The van der Waals surface area contributed by atoms with Gasteiger partial charge in [-0.15, -0.1) is 0 Å². The van der Waals surface area contributed by atoms with Crippen LogP contribution < -0.4 is 5.32 Å². The molecule has 1 N–H and O–H groups in total. The number of likely N-dealkylation sites (tertiary alicyclic amines) is 1. The van der Waals surface area contributed by atoms with Gasteiger partial charge in [0, 0.05) is 38.3 Å². The van der Waals surface area contributed by atoms with Crippen LogP contribution in [0.3, 0.4) is 0 Å². The van der Waals surface area contributed by atoms with Crippen molar-refractivity contribution in [1.29, 1.82) is 0 Å². The monoisotopic (exact) mass is 197 g/mol. The van der Waals surface area contributed by atoms with Gasteiger partial charge in [-0.2, -0.15) is 0 Å². The molecule has 0 aliphatic carbocycles. The average Bonchev–Trinajstić information content (AvgIpc) is 2.18. The van der Waals surface area contributed by atoms with E-state index in [0.717, 1.165) is 12.1 Å². The summed E-state index contributed by atoms with van der Waals surface area (Å²) < 4.78 is 0. The maximum absolute atomic E-state index is 3.46. The summed E-state index contributed by atoms with van der Waals surface area (Å²) in [5, 5.41) is 3.46. The van der Waals surface area contributed by atoms with E-state index in [0.29, 0.717) is 0 Å². The van der Waals surface area contributed by atoms with E-state index in [1.165, 1.54) is 45.6 Å². The first kappa shape index (κ1) is 10.4. The number of piperidine rings is 1. The molecule has 2 aliphatic rings. The molecule has 2 aliphatic heterocycles. The minimum atomic E-state index is 0.722. The Labute approximate surface area is 87.4 Å². The fraction of sp³-hybridized carbons (Fsp3) is 1.00. The Kier molecular flexibility index (Phi) is 3.42. The van der Waals surface area contributed by atoms with Crippen LogP contribution in [0.1, 0.15) is 19.8 Å². The van der Waals surface area contributed by atoms with Crippen LogP contribution in [-0.2, 0) is 0 Å². The zero-order valence-corrected chi connectivity index (χ0v) is 9.50. The van der Waals surface area contributed by atoms with E-state index in [9.17, 15) is 0 Å². The first-order valence-corrected chi connectivity index (χ1v) is 5.92. The molecule has 0 aromatic heterocycles. The number of hydrogen-bond donors (Lipinski definition) is 1. The Morgan fingerprint density at radius 3 is 2.86 bits per heavy atom. The molecule has 0 radical (unpaired) electrons. The minimum absolute atomic E-state index is 0.722. The van der Waals surface area contributed by atoms with Crippen molar-refractivity contribution >= 4 is 0 Å². The molecular weight excluding hydrogens is 174 g/mol. The molecule has 0 saturated carbocycles. The first-order valence-electron chi connectivity index (χ1n) is 5.92. The fourth-order valence-electron chi connectivity index (χ4n) is 2.81. The van der Waals surface area contributed by atoms with Crippen LogP contribution in [0.4, 0.5) is 0 Å². The lowest BCUT2D eigenvalue weighted by Gasteiger charge is -2.43. The fourth-order valence-corrected chi connectivity index (χ4v) is 2.81. The number of nitrogens with one attached hydrogen (secondary N) is 1. The maximum atomic E-state index is 3.46. The van der Waals surface area contributed by atoms with Gasteiger partial charge in [0.25, 0.3) is 0 Å². The Morgan fingerprint density at radius 2 is 2.14 bits per heavy atom. The lowest BCUT2D eigenvalue weighted by Crippen LogP contribution is -2.57. The molecule has 2 fully saturated rings. The van der Waals surface area contributed by atoms with Crippen LogP contribution in [0, 0.1) is 0 Å². The molecule has 0 aromatic rings. The van der Waals surface area contributed by atoms with Crippen molar-refractivity contribution in [3.05, 3.63) is 0 Å². The SMILES string of the molecule is CC1CNCCN1C1CCCN(C)C1. The zero-order valence-electron chi connectivity index (χ0n) is 9.50. The summed E-state index contributed by atoms with van der Waals surface area (Å²) in [6, 6.07) is 1.53. The second-order valence-electron chi connectivity index (χ2n) is 4.85. The van der Waals surface area contributed by atoms with Gasteiger partial charge in [-0.05, 0) is 33.4 Å². The standard InChI is InChI=1S/C11H23N3/c1-10-8-12-5-7-14(10)11-4-3-6-13(2)9-11/h10-12H,3-9H2,1-2H3. The topological polar surface area (TPSA) is 18.5 Å². The first-order chi connectivity index (χ1) is 6.77. The molecule has 3 nitrogen and oxygen atoms in total. The highest BCUT2D eigenvalue weighted by atomic mass is 15.3. The van der Waals surface area contributed by atoms with Crippen LogP contribution in [0.25, 0.3) is 0 Å². The summed E-state index contributed by atoms with van der Waals surface area (Å²) in [5.74, 6) is 0. The predicted molar refractivity (Wildman–Crippen MR) is 59.6 cm³/mol. The Balaban J connectivity index is 1.91. The summed E-state index contributed by atoms with van der Waals surface area (Å²) in [7, 11) is 2.25. The summed E-state index contributed by atoms with van der Waals surface area (Å²) in [6.07, 6.45) is 2.77. The molecule has 0 spiro atoms. The molecule has 2 heterocycles. The van der Waals surface area contributed by atoms with E-state index in [2.05, 4.69) is 29.1 Å². The lowest BCUT2D eigenvalue weighted by atomic mass is 10.0. The van der Waals surface area contributed by atoms with Gasteiger partial charge < -0.3 is 10.2 Å². The van der Waals surface area contributed by atoms with Gasteiger partial charge in [0.2, 0.25) is 0 Å². The van der Waals surface area contributed by atoms with Crippen molar-refractivity contribution < 1.29 is 0 Å². The highest BCUT2D eigenvalue weighted by molar-refractivity contribution is 4.86. The molecule has 2 saturated heterocycles. The number of nitrogens with zero attached hydrogens (tertiary/aromatic N) is 2. The van der Waals surface area contributed by atoms with E-state index in [4.69, 9.17) is 0 Å². The van der Waals surface area contributed by atoms with E-state index >= 15 is 0 Å². The largest absolute Gasteiger partial charge is 0.314 e. The van der Waals surface area contributed by atoms with Crippen LogP contribution >= 0.6 is 0 Å². The molecule has 2 atom stereocenters. The number of piperazine rings is 1. The van der Waals surface area contributed by atoms with E-state index in [-0.39, 0.29) is 0 Å². The predicted octanol–water partition coefficient (Wildman–Crippen LogP) is 0.374. The smallest absolute Gasteiger partial charge is 0.0227 e. The van der Waals surface area contributed by atoms with Crippen molar-refractivity contribution in [2.24, 2.45) is 0 Å². The molecule has 0 amide bonds. The molecule has 0 bridgehead atoms. The molecule has 14 heavy (non-hydrogen) atoms. The van der Waals surface area contributed by atoms with E-state index in [1.54, 1.807) is 0 Å². The average molecular weight is 197 g/mol. The van der Waals surface area contributed by atoms with Crippen LogP contribution in [0.5, 0.6) is 0 Å². The van der Waals surface area contributed by atoms with Crippen molar-refractivity contribution in [3.63, 3.8) is 0 Å². The molecular formula is C11H23N3. The number of likely N-dealkylation sites (N-methyl/N-ethyl adjacent to an activating group) is 1. The molecule has 0 aromatic carbocycles. The van der Waals surface area contributed by atoms with Gasteiger partial charge in [-0.1, -0.05) is 0 Å². The summed E-state index contributed by atoms with van der Waals surface area (Å²) in [5.41, 5.74) is 0. The van der Waals surface area contributed by atoms with Crippen molar-refractivity contribution in [1.82, 2.24) is 15.1 Å². The Hall–Kier alpha value is -0.120. The second-order valence-corrected chi connectivity index (χ2v) is 4.85. The van der Waals surface area contributed by atoms with E-state index < -0.39 is 0 Å². The van der Waals surface area contributed by atoms with Crippen LogP contribution in [0.2, 0.25) is 0 Å². The second kappa shape index (κ2) is 4.60. The van der Waals surface area contributed by atoms with Gasteiger partial charge in [0.1, 0.15) is 0 Å². The van der Waals surface area contributed by atoms with Gasteiger partial charge in [-0.25, -0.2) is 0 Å². The van der Waals surface area contributed by atoms with E-state index in [1.807, 2.05) is 0 Å². The minimum Gasteiger partial charge on any atom is -0.314 e. The van der Waals surface area contributed by atoms with Crippen molar-refractivity contribution in [2.75, 3.05) is 39.8 Å². The highest BCUT2D eigenvalue weighted by Gasteiger charge is 2.28. The summed E-state index contributed by atoms with van der Waals surface area (Å²) in [6.45, 7) is 8.48. The number of hydrogen-bond acceptors (Lipinski definition) is 3. The Morgan fingerprint density at radius 1 is 1.29 bits per heavy atom. The molecule has 3 heteroatoms. The third-order valence-electron chi connectivity index (χ3n) is 3.62. The third kappa shape index (κ3) is 2.27. The summed E-state index contributed by atoms with van der Waals surface area (Å²) >= 11 is 0.